The molecule has 0 bridgehead atoms. The molecule has 51 heavy (non-hydrogen) atoms. The molecule has 266 valence electrons. The summed E-state index contributed by atoms with van der Waals surface area (Å²) in [4.78, 5) is 36.8. The maximum Gasteiger partial charge on any atom is 0.338 e. The molecule has 0 aliphatic carbocycles. The number of methoxy groups -OCH3 is 1. The number of nitrogens with one attached hydrogen (secondary N) is 3. The Labute approximate surface area is 295 Å². The van der Waals surface area contributed by atoms with Crippen LogP contribution in [0.4, 0.5) is 4.79 Å². The zero-order valence-corrected chi connectivity index (χ0v) is 28.7. The van der Waals surface area contributed by atoms with Crippen molar-refractivity contribution in [2.45, 2.75) is 39.6 Å². The highest BCUT2D eigenvalue weighted by Crippen LogP contribution is 2.35. The summed E-state index contributed by atoms with van der Waals surface area (Å²) < 4.78 is 27.9. The number of nitrogens with zero attached hydrogens (tertiary/aromatic N) is 1. The van der Waals surface area contributed by atoms with Gasteiger partial charge in [-0.1, -0.05) is 48.5 Å². The van der Waals surface area contributed by atoms with E-state index in [1.807, 2.05) is 55.5 Å². The number of hydrogen-bond acceptors (Lipinski definition) is 11. The van der Waals surface area contributed by atoms with Crippen molar-refractivity contribution >= 4 is 35.0 Å². The van der Waals surface area contributed by atoms with Gasteiger partial charge in [-0.15, -0.1) is 0 Å². The summed E-state index contributed by atoms with van der Waals surface area (Å²) in [6, 6.07) is 22.4. The second-order valence-electron chi connectivity index (χ2n) is 11.3. The van der Waals surface area contributed by atoms with Gasteiger partial charge in [0, 0.05) is 11.3 Å². The number of hydrazone groups is 1. The van der Waals surface area contributed by atoms with E-state index in [0.717, 1.165) is 16.3 Å². The first-order valence-corrected chi connectivity index (χ1v) is 16.4. The Hall–Kier alpha value is -6.08. The highest BCUT2D eigenvalue weighted by atomic mass is 16.5. The Kier molecular flexibility index (Phi) is 12.1. The highest BCUT2D eigenvalue weighted by Gasteiger charge is 2.32. The van der Waals surface area contributed by atoms with Crippen LogP contribution >= 0.6 is 0 Å². The summed E-state index contributed by atoms with van der Waals surface area (Å²) in [5.74, 6) is 0.311. The van der Waals surface area contributed by atoms with E-state index in [-0.39, 0.29) is 24.8 Å². The third-order valence-electron chi connectivity index (χ3n) is 7.88. The first-order chi connectivity index (χ1) is 24.7. The molecule has 4 aromatic rings. The molecule has 2 amide bonds. The molecule has 4 N–H and O–H groups in total. The number of fused-ring (bicyclic) bond motifs is 1. The molecule has 13 heteroatoms. The van der Waals surface area contributed by atoms with Crippen LogP contribution in [0.2, 0.25) is 0 Å². The van der Waals surface area contributed by atoms with Crippen molar-refractivity contribution in [3.8, 4) is 17.2 Å². The maximum absolute atomic E-state index is 12.5. The maximum atomic E-state index is 12.5. The molecule has 0 spiro atoms. The molecule has 0 radical (unpaired) electrons. The van der Waals surface area contributed by atoms with Crippen LogP contribution in [-0.2, 0) is 20.9 Å². The monoisotopic (exact) mass is 696 g/mol. The normalized spacial score (nSPS) is 14.8. The summed E-state index contributed by atoms with van der Waals surface area (Å²) in [5, 5.41) is 22.2. The van der Waals surface area contributed by atoms with Gasteiger partial charge in [0.05, 0.1) is 43.7 Å². The van der Waals surface area contributed by atoms with Crippen LogP contribution in [0.1, 0.15) is 53.9 Å². The number of benzene rings is 4. The summed E-state index contributed by atoms with van der Waals surface area (Å²) in [5.41, 5.74) is 5.93. The van der Waals surface area contributed by atoms with Crippen molar-refractivity contribution in [2.24, 2.45) is 5.10 Å². The summed E-state index contributed by atoms with van der Waals surface area (Å²) in [6.45, 7) is 5.88. The zero-order chi connectivity index (χ0) is 36.3. The minimum Gasteiger partial charge on any atom is -0.490 e. The van der Waals surface area contributed by atoms with Gasteiger partial charge in [-0.05, 0) is 73.0 Å². The van der Waals surface area contributed by atoms with Gasteiger partial charge in [-0.2, -0.15) is 5.10 Å². The summed E-state index contributed by atoms with van der Waals surface area (Å²) in [7, 11) is 1.27. The number of allylic oxidation sites excluding steroid dienone is 1. The van der Waals surface area contributed by atoms with Crippen LogP contribution in [0.5, 0.6) is 17.2 Å². The number of carbonyl (C=O) groups is 3. The molecule has 0 aromatic heterocycles. The van der Waals surface area contributed by atoms with E-state index in [1.54, 1.807) is 50.4 Å². The molecule has 4 aromatic carbocycles. The zero-order valence-electron chi connectivity index (χ0n) is 28.7. The Morgan fingerprint density at radius 2 is 1.69 bits per heavy atom. The van der Waals surface area contributed by atoms with E-state index >= 15 is 0 Å². The van der Waals surface area contributed by atoms with E-state index in [2.05, 4.69) is 21.2 Å². The number of hydrogen-bond donors (Lipinski definition) is 4. The molecule has 13 nitrogen and oxygen atoms in total. The molecule has 1 heterocycles. The number of urea groups is 1. The molecule has 0 saturated carbocycles. The average Bonchev–Trinajstić information content (AvgIpc) is 3.13. The molecule has 1 aliphatic rings. The largest absolute Gasteiger partial charge is 0.490 e. The third-order valence-corrected chi connectivity index (χ3v) is 7.88. The number of ether oxygens (including phenoxy) is 5. The van der Waals surface area contributed by atoms with Crippen molar-refractivity contribution in [3.63, 3.8) is 0 Å². The van der Waals surface area contributed by atoms with Gasteiger partial charge in [0.25, 0.3) is 0 Å². The van der Waals surface area contributed by atoms with Gasteiger partial charge < -0.3 is 39.4 Å². The van der Waals surface area contributed by atoms with Crippen LogP contribution < -0.4 is 30.3 Å². The predicted octanol–water partition coefficient (Wildman–Crippen LogP) is 5.12. The smallest absolute Gasteiger partial charge is 0.338 e. The van der Waals surface area contributed by atoms with Crippen molar-refractivity contribution in [1.82, 2.24) is 16.1 Å². The van der Waals surface area contributed by atoms with Crippen LogP contribution in [0.25, 0.3) is 10.8 Å². The standard InChI is InChI=1S/C38H40N4O9/c1-5-48-32-19-27(35-34(37(45)47-4)23(3)40-38(46)41-35)16-18-31(32)51-22-33(43)42-39-20-29-28-10-8-7-9-25(28)15-17-30(29)50-21-24-11-13-26(14-12-24)36(44)49-6-2/h7-20,33,35,42-43H,5-6,21-22H2,1-4H3,(H2,40,41,46)/b39-20+/t33-,35-/m1/s1. The average molecular weight is 697 g/mol. The van der Waals surface area contributed by atoms with Crippen LogP contribution in [0.3, 0.4) is 0 Å². The number of rotatable bonds is 15. The topological polar surface area (TPSA) is 166 Å². The van der Waals surface area contributed by atoms with Gasteiger partial charge >= 0.3 is 18.0 Å². The van der Waals surface area contributed by atoms with Crippen molar-refractivity contribution in [2.75, 3.05) is 26.9 Å². The third kappa shape index (κ3) is 8.94. The van der Waals surface area contributed by atoms with Crippen molar-refractivity contribution in [3.05, 3.63) is 112 Å². The molecule has 1 aliphatic heterocycles. The van der Waals surface area contributed by atoms with E-state index < -0.39 is 24.3 Å². The Bertz CT molecular complexity index is 1940. The fraction of sp³-hybridized carbons (Fsp3) is 0.263. The summed E-state index contributed by atoms with van der Waals surface area (Å²) >= 11 is 0. The lowest BCUT2D eigenvalue weighted by molar-refractivity contribution is -0.136. The lowest BCUT2D eigenvalue weighted by Crippen LogP contribution is -2.45. The lowest BCUT2D eigenvalue weighted by Gasteiger charge is -2.28. The lowest BCUT2D eigenvalue weighted by atomic mass is 9.95. The van der Waals surface area contributed by atoms with Crippen LogP contribution in [-0.4, -0.2) is 62.4 Å². The Morgan fingerprint density at radius 3 is 2.43 bits per heavy atom. The molecule has 0 unspecified atom stereocenters. The minimum absolute atomic E-state index is 0.187. The Balaban J connectivity index is 1.26. The Morgan fingerprint density at radius 1 is 0.922 bits per heavy atom. The molecular formula is C38H40N4O9. The van der Waals surface area contributed by atoms with E-state index in [4.69, 9.17) is 23.7 Å². The highest BCUT2D eigenvalue weighted by molar-refractivity contribution is 6.02. The SMILES string of the molecule is CCOC(=O)c1ccc(COc2ccc3ccccc3c2/C=N/N[C@H](O)COc2ccc([C@H]3NC(=O)NC(C)=C3C(=O)OC)cc2OCC)cc1. The van der Waals surface area contributed by atoms with E-state index in [1.165, 1.54) is 7.11 Å². The fourth-order valence-electron chi connectivity index (χ4n) is 5.46. The van der Waals surface area contributed by atoms with E-state index in [0.29, 0.717) is 52.8 Å². The van der Waals surface area contributed by atoms with Crippen molar-refractivity contribution in [1.29, 1.82) is 0 Å². The van der Waals surface area contributed by atoms with Gasteiger partial charge in [-0.25, -0.2) is 14.4 Å². The second-order valence-corrected chi connectivity index (χ2v) is 11.3. The van der Waals surface area contributed by atoms with Gasteiger partial charge in [0.1, 0.15) is 19.0 Å². The van der Waals surface area contributed by atoms with Crippen LogP contribution in [0.15, 0.2) is 95.2 Å². The summed E-state index contributed by atoms with van der Waals surface area (Å²) in [6.07, 6.45) is 0.375. The number of amides is 2. The number of aliphatic hydroxyl groups is 1. The quantitative estimate of drug-likeness (QED) is 0.0568. The fourth-order valence-corrected chi connectivity index (χ4v) is 5.46. The molecule has 5 rings (SSSR count). The minimum atomic E-state index is -1.20. The molecule has 0 saturated heterocycles. The first-order valence-electron chi connectivity index (χ1n) is 16.4. The van der Waals surface area contributed by atoms with Gasteiger partial charge in [0.15, 0.2) is 17.7 Å². The number of aliphatic hydroxyl groups excluding tert-OH is 1. The molecular weight excluding hydrogens is 656 g/mol. The number of esters is 2. The predicted molar refractivity (Wildman–Crippen MR) is 190 cm³/mol. The number of carbonyl (C=O) groups excluding carboxylic acids is 3. The van der Waals surface area contributed by atoms with Gasteiger partial charge in [0.2, 0.25) is 0 Å². The van der Waals surface area contributed by atoms with Crippen LogP contribution in [0, 0.1) is 0 Å². The molecule has 0 fully saturated rings. The van der Waals surface area contributed by atoms with Gasteiger partial charge in [-0.3, -0.25) is 5.43 Å². The molecule has 2 atom stereocenters. The second kappa shape index (κ2) is 17.0. The van der Waals surface area contributed by atoms with E-state index in [9.17, 15) is 19.5 Å². The first kappa shape index (κ1) is 36.2. The van der Waals surface area contributed by atoms with Crippen molar-refractivity contribution < 1.29 is 43.2 Å².